The van der Waals surface area contributed by atoms with Crippen molar-refractivity contribution in [3.05, 3.63) is 34.3 Å². The van der Waals surface area contributed by atoms with Gasteiger partial charge in [-0.15, -0.1) is 0 Å². The number of sulfonamides is 1. The maximum absolute atomic E-state index is 11.2. The summed E-state index contributed by atoms with van der Waals surface area (Å²) in [7, 11) is -3.11. The number of hydrogen-bond donors (Lipinski definition) is 1. The molecule has 1 aromatic rings. The molecule has 1 N–H and O–H groups in total. The molecule has 1 fully saturated rings. The first-order valence-electron chi connectivity index (χ1n) is 5.62. The number of nitrogens with one attached hydrogen (secondary N) is 1. The topological polar surface area (TPSA) is 46.2 Å². The zero-order chi connectivity index (χ0) is 12.5. The van der Waals surface area contributed by atoms with Crippen LogP contribution in [0.1, 0.15) is 24.8 Å². The number of halogens is 1. The van der Waals surface area contributed by atoms with Crippen LogP contribution in [0, 0.1) is 0 Å². The van der Waals surface area contributed by atoms with Gasteiger partial charge >= 0.3 is 0 Å². The van der Waals surface area contributed by atoms with Crippen LogP contribution in [0.5, 0.6) is 0 Å². The Morgan fingerprint density at radius 2 is 1.88 bits per heavy atom. The second kappa shape index (κ2) is 4.71. The molecule has 0 bridgehead atoms. The van der Waals surface area contributed by atoms with E-state index < -0.39 is 10.0 Å². The summed E-state index contributed by atoms with van der Waals surface area (Å²) in [6, 6.07) is 8.17. The van der Waals surface area contributed by atoms with E-state index in [2.05, 4.69) is 32.8 Å². The molecule has 0 saturated heterocycles. The van der Waals surface area contributed by atoms with Crippen LogP contribution in [0.4, 0.5) is 0 Å². The van der Waals surface area contributed by atoms with Gasteiger partial charge in [-0.2, -0.15) is 0 Å². The van der Waals surface area contributed by atoms with Crippen molar-refractivity contribution in [2.75, 3.05) is 12.8 Å². The summed E-state index contributed by atoms with van der Waals surface area (Å²) in [6.07, 6.45) is 4.48. The van der Waals surface area contributed by atoms with Gasteiger partial charge in [0.25, 0.3) is 0 Å². The summed E-state index contributed by atoms with van der Waals surface area (Å²) in [5, 5.41) is 0. The highest BCUT2D eigenvalue weighted by molar-refractivity contribution is 9.10. The summed E-state index contributed by atoms with van der Waals surface area (Å²) >= 11 is 3.41. The minimum absolute atomic E-state index is 0.00375. The van der Waals surface area contributed by atoms with E-state index in [4.69, 9.17) is 0 Å². The fraction of sp³-hybridized carbons (Fsp3) is 0.500. The summed E-state index contributed by atoms with van der Waals surface area (Å²) in [5.74, 6) is 0. The van der Waals surface area contributed by atoms with Crippen molar-refractivity contribution in [2.45, 2.75) is 24.7 Å². The number of benzene rings is 1. The Bertz CT molecular complexity index is 492. The van der Waals surface area contributed by atoms with Gasteiger partial charge in [-0.05, 0) is 30.5 Å². The maximum atomic E-state index is 11.2. The molecule has 0 radical (unpaired) electrons. The lowest BCUT2D eigenvalue weighted by Gasteiger charge is -2.42. The standard InChI is InChI=1S/C12H16BrNO2S/c1-17(15,16)14-9-12(7-2-8-12)10-3-5-11(13)6-4-10/h3-6,14H,2,7-9H2,1H3. The number of hydrogen-bond acceptors (Lipinski definition) is 2. The summed E-state index contributed by atoms with van der Waals surface area (Å²) in [6.45, 7) is 0.507. The van der Waals surface area contributed by atoms with Gasteiger partial charge in [-0.3, -0.25) is 0 Å². The fourth-order valence-corrected chi connectivity index (χ4v) is 3.05. The van der Waals surface area contributed by atoms with E-state index in [0.29, 0.717) is 6.54 Å². The second-order valence-electron chi connectivity index (χ2n) is 4.73. The Labute approximate surface area is 111 Å². The van der Waals surface area contributed by atoms with E-state index in [9.17, 15) is 8.42 Å². The third-order valence-electron chi connectivity index (χ3n) is 3.44. The normalized spacial score (nSPS) is 18.7. The Balaban J connectivity index is 2.17. The van der Waals surface area contributed by atoms with Crippen molar-refractivity contribution >= 4 is 26.0 Å². The first kappa shape index (κ1) is 13.1. The molecule has 5 heteroatoms. The summed E-state index contributed by atoms with van der Waals surface area (Å²) in [5.41, 5.74) is 1.23. The van der Waals surface area contributed by atoms with Crippen LogP contribution >= 0.6 is 15.9 Å². The largest absolute Gasteiger partial charge is 0.215 e. The molecule has 1 saturated carbocycles. The Morgan fingerprint density at radius 3 is 2.29 bits per heavy atom. The SMILES string of the molecule is CS(=O)(=O)NCC1(c2ccc(Br)cc2)CCC1. The molecule has 0 atom stereocenters. The Morgan fingerprint density at radius 1 is 1.29 bits per heavy atom. The van der Waals surface area contributed by atoms with E-state index in [1.54, 1.807) is 0 Å². The quantitative estimate of drug-likeness (QED) is 0.927. The molecule has 0 aromatic heterocycles. The van der Waals surface area contributed by atoms with E-state index in [1.807, 2.05) is 12.1 Å². The van der Waals surface area contributed by atoms with E-state index in [1.165, 1.54) is 18.2 Å². The predicted octanol–water partition coefficient (Wildman–Crippen LogP) is 2.42. The van der Waals surface area contributed by atoms with Crippen LogP contribution in [0.25, 0.3) is 0 Å². The Kier molecular flexibility index (Phi) is 3.61. The van der Waals surface area contributed by atoms with Crippen LogP contribution in [0.2, 0.25) is 0 Å². The van der Waals surface area contributed by atoms with Gasteiger partial charge in [0.15, 0.2) is 0 Å². The van der Waals surface area contributed by atoms with Gasteiger partial charge < -0.3 is 0 Å². The average molecular weight is 318 g/mol. The molecular formula is C12H16BrNO2S. The van der Waals surface area contributed by atoms with Crippen LogP contribution in [-0.2, 0) is 15.4 Å². The monoisotopic (exact) mass is 317 g/mol. The zero-order valence-electron chi connectivity index (χ0n) is 9.74. The molecular weight excluding hydrogens is 302 g/mol. The minimum Gasteiger partial charge on any atom is -0.215 e. The van der Waals surface area contributed by atoms with Crippen LogP contribution < -0.4 is 4.72 Å². The highest BCUT2D eigenvalue weighted by Crippen LogP contribution is 2.43. The second-order valence-corrected chi connectivity index (χ2v) is 7.48. The highest BCUT2D eigenvalue weighted by Gasteiger charge is 2.38. The summed E-state index contributed by atoms with van der Waals surface area (Å²) in [4.78, 5) is 0. The highest BCUT2D eigenvalue weighted by atomic mass is 79.9. The van der Waals surface area contributed by atoms with Gasteiger partial charge in [0, 0.05) is 16.4 Å². The van der Waals surface area contributed by atoms with Crippen molar-refractivity contribution in [2.24, 2.45) is 0 Å². The van der Waals surface area contributed by atoms with Gasteiger partial charge in [-0.25, -0.2) is 13.1 Å². The minimum atomic E-state index is -3.11. The third-order valence-corrected chi connectivity index (χ3v) is 4.64. The lowest BCUT2D eigenvalue weighted by molar-refractivity contribution is 0.245. The molecule has 2 rings (SSSR count). The summed E-state index contributed by atoms with van der Waals surface area (Å²) < 4.78 is 26.1. The smallest absolute Gasteiger partial charge is 0.208 e. The lowest BCUT2D eigenvalue weighted by atomic mass is 9.64. The van der Waals surface area contributed by atoms with Gasteiger partial charge in [0.2, 0.25) is 10.0 Å². The van der Waals surface area contributed by atoms with E-state index in [-0.39, 0.29) is 5.41 Å². The molecule has 1 aromatic carbocycles. The van der Waals surface area contributed by atoms with Crippen LogP contribution in [-0.4, -0.2) is 21.2 Å². The fourth-order valence-electron chi connectivity index (χ4n) is 2.24. The van der Waals surface area contributed by atoms with Crippen molar-refractivity contribution < 1.29 is 8.42 Å². The molecule has 0 heterocycles. The maximum Gasteiger partial charge on any atom is 0.208 e. The first-order chi connectivity index (χ1) is 7.91. The molecule has 0 aliphatic heterocycles. The lowest BCUT2D eigenvalue weighted by Crippen LogP contribution is -2.45. The molecule has 1 aliphatic carbocycles. The molecule has 0 unspecified atom stereocenters. The van der Waals surface area contributed by atoms with Crippen molar-refractivity contribution in [3.63, 3.8) is 0 Å². The predicted molar refractivity (Wildman–Crippen MR) is 72.5 cm³/mol. The molecule has 17 heavy (non-hydrogen) atoms. The molecule has 94 valence electrons. The van der Waals surface area contributed by atoms with Crippen molar-refractivity contribution in [1.29, 1.82) is 0 Å². The average Bonchev–Trinajstić information content (AvgIpc) is 2.17. The van der Waals surface area contributed by atoms with Crippen molar-refractivity contribution in [1.82, 2.24) is 4.72 Å². The Hall–Kier alpha value is -0.390. The zero-order valence-corrected chi connectivity index (χ0v) is 12.1. The molecule has 3 nitrogen and oxygen atoms in total. The molecule has 1 aliphatic rings. The molecule has 0 spiro atoms. The third kappa shape index (κ3) is 3.09. The van der Waals surface area contributed by atoms with E-state index in [0.717, 1.165) is 17.3 Å². The molecule has 0 amide bonds. The number of rotatable bonds is 4. The van der Waals surface area contributed by atoms with Crippen LogP contribution in [0.15, 0.2) is 28.7 Å². The first-order valence-corrected chi connectivity index (χ1v) is 8.30. The van der Waals surface area contributed by atoms with E-state index >= 15 is 0 Å². The van der Waals surface area contributed by atoms with Gasteiger partial charge in [0.05, 0.1) is 6.26 Å². The van der Waals surface area contributed by atoms with Crippen LogP contribution in [0.3, 0.4) is 0 Å². The van der Waals surface area contributed by atoms with Crippen molar-refractivity contribution in [3.8, 4) is 0 Å². The van der Waals surface area contributed by atoms with Gasteiger partial charge in [0.1, 0.15) is 0 Å². The van der Waals surface area contributed by atoms with Gasteiger partial charge in [-0.1, -0.05) is 34.5 Å².